The summed E-state index contributed by atoms with van der Waals surface area (Å²) in [6, 6.07) is 0. The van der Waals surface area contributed by atoms with E-state index in [0.717, 1.165) is 24.1 Å². The van der Waals surface area contributed by atoms with Crippen molar-refractivity contribution < 1.29 is 9.90 Å². The third-order valence-electron chi connectivity index (χ3n) is 2.43. The molecule has 4 nitrogen and oxygen atoms in total. The first-order valence-corrected chi connectivity index (χ1v) is 4.03. The van der Waals surface area contributed by atoms with Crippen molar-refractivity contribution in [3.05, 3.63) is 17.0 Å². The molecule has 1 unspecified atom stereocenters. The Hall–Kier alpha value is -1.32. The van der Waals surface area contributed by atoms with Gasteiger partial charge in [-0.05, 0) is 18.8 Å². The highest BCUT2D eigenvalue weighted by atomic mass is 16.4. The van der Waals surface area contributed by atoms with Crippen LogP contribution >= 0.6 is 0 Å². The number of hydrogen-bond acceptors (Lipinski definition) is 2. The highest BCUT2D eigenvalue weighted by Gasteiger charge is 2.30. The standard InChI is InChI=1S/C8H10N2O2/c1-4-2-3-5-6(4)9-10-7(5)8(11)12/h4H,2-3H2,1H3,(H,9,10)(H,11,12)/p+1. The van der Waals surface area contributed by atoms with Crippen LogP contribution in [0.25, 0.3) is 0 Å². The molecule has 1 aliphatic rings. The lowest BCUT2D eigenvalue weighted by molar-refractivity contribution is 0.0689. The van der Waals surface area contributed by atoms with Crippen molar-refractivity contribution in [3.63, 3.8) is 0 Å². The van der Waals surface area contributed by atoms with Crippen LogP contribution in [0.3, 0.4) is 0 Å². The van der Waals surface area contributed by atoms with Gasteiger partial charge in [-0.3, -0.25) is 5.10 Å². The minimum Gasteiger partial charge on any atom is -0.560 e. The van der Waals surface area contributed by atoms with Gasteiger partial charge in [-0.2, -0.15) is 5.10 Å². The molecule has 0 spiro atoms. The fraction of sp³-hybridized carbons (Fsp3) is 0.500. The fourth-order valence-corrected chi connectivity index (χ4v) is 1.73. The molecular formula is C8H11N2O2+. The zero-order chi connectivity index (χ0) is 8.72. The van der Waals surface area contributed by atoms with E-state index in [-0.39, 0.29) is 0 Å². The Balaban J connectivity index is 2.49. The van der Waals surface area contributed by atoms with Crippen LogP contribution in [0.2, 0.25) is 0 Å². The first-order chi connectivity index (χ1) is 5.70. The molecule has 0 saturated carbocycles. The van der Waals surface area contributed by atoms with Crippen molar-refractivity contribution in [1.82, 2.24) is 10.2 Å². The third kappa shape index (κ3) is 0.841. The molecule has 3 N–H and O–H groups in total. The molecule has 64 valence electrons. The smallest absolute Gasteiger partial charge is 0.560 e. The fourth-order valence-electron chi connectivity index (χ4n) is 1.73. The Morgan fingerprint density at radius 3 is 3.17 bits per heavy atom. The van der Waals surface area contributed by atoms with Crippen LogP contribution in [0.1, 0.15) is 41.0 Å². The molecule has 12 heavy (non-hydrogen) atoms. The molecule has 1 aromatic rings. The van der Waals surface area contributed by atoms with Gasteiger partial charge in [0.15, 0.2) is 0 Å². The molecule has 1 heterocycles. The minimum atomic E-state index is -0.679. The number of nitrogens with one attached hydrogen (secondary N) is 1. The van der Waals surface area contributed by atoms with Gasteiger partial charge in [0, 0.05) is 11.3 Å². The van der Waals surface area contributed by atoms with E-state index in [1.165, 1.54) is 0 Å². The van der Waals surface area contributed by atoms with E-state index >= 15 is 0 Å². The SMILES string of the molecule is CC1CCc2c(C(=O)[OH2+])n[nH]c21. The van der Waals surface area contributed by atoms with Gasteiger partial charge in [-0.15, -0.1) is 0 Å². The van der Waals surface area contributed by atoms with Crippen LogP contribution in [0.4, 0.5) is 0 Å². The van der Waals surface area contributed by atoms with Crippen LogP contribution in [0.15, 0.2) is 0 Å². The lowest BCUT2D eigenvalue weighted by atomic mass is 10.1. The highest BCUT2D eigenvalue weighted by Crippen LogP contribution is 2.32. The second-order valence-electron chi connectivity index (χ2n) is 3.23. The molecular weight excluding hydrogens is 156 g/mol. The van der Waals surface area contributed by atoms with Gasteiger partial charge >= 0.3 is 5.97 Å². The second-order valence-corrected chi connectivity index (χ2v) is 3.23. The maximum atomic E-state index is 10.8. The lowest BCUT2D eigenvalue weighted by Crippen LogP contribution is -2.00. The number of H-pyrrole nitrogens is 1. The molecule has 1 aliphatic carbocycles. The number of carbonyl (C=O) groups is 1. The van der Waals surface area contributed by atoms with Gasteiger partial charge in [-0.25, -0.2) is 0 Å². The van der Waals surface area contributed by atoms with E-state index in [1.807, 2.05) is 0 Å². The first kappa shape index (κ1) is 7.34. The summed E-state index contributed by atoms with van der Waals surface area (Å²) in [6.45, 7) is 2.10. The Morgan fingerprint density at radius 2 is 2.50 bits per heavy atom. The van der Waals surface area contributed by atoms with Crippen LogP contribution in [-0.4, -0.2) is 21.3 Å². The van der Waals surface area contributed by atoms with Gasteiger partial charge in [-0.1, -0.05) is 6.92 Å². The number of aromatic amines is 1. The maximum absolute atomic E-state index is 10.8. The molecule has 0 fully saturated rings. The van der Waals surface area contributed by atoms with Crippen molar-refractivity contribution in [3.8, 4) is 0 Å². The van der Waals surface area contributed by atoms with E-state index in [9.17, 15) is 4.79 Å². The summed E-state index contributed by atoms with van der Waals surface area (Å²) >= 11 is 0. The molecule has 2 rings (SSSR count). The van der Waals surface area contributed by atoms with Crippen LogP contribution in [-0.2, 0) is 6.42 Å². The topological polar surface area (TPSA) is 68.7 Å². The molecule has 1 aromatic heterocycles. The number of hydrogen-bond donors (Lipinski definition) is 1. The summed E-state index contributed by atoms with van der Waals surface area (Å²) in [4.78, 5) is 10.8. The molecule has 1 atom stereocenters. The molecule has 0 amide bonds. The lowest BCUT2D eigenvalue weighted by Gasteiger charge is -1.95. The van der Waals surface area contributed by atoms with Crippen LogP contribution < -0.4 is 0 Å². The quantitative estimate of drug-likeness (QED) is 0.612. The van der Waals surface area contributed by atoms with Crippen molar-refractivity contribution in [2.24, 2.45) is 0 Å². The number of rotatable bonds is 1. The van der Waals surface area contributed by atoms with Crippen molar-refractivity contribution in [2.45, 2.75) is 25.7 Å². The number of nitrogens with zero attached hydrogens (tertiary/aromatic N) is 1. The van der Waals surface area contributed by atoms with Crippen LogP contribution in [0.5, 0.6) is 0 Å². The highest BCUT2D eigenvalue weighted by molar-refractivity contribution is 5.87. The Kier molecular flexibility index (Phi) is 1.43. The zero-order valence-corrected chi connectivity index (χ0v) is 6.85. The van der Waals surface area contributed by atoms with E-state index in [1.54, 1.807) is 0 Å². The monoisotopic (exact) mass is 167 g/mol. The molecule has 4 heteroatoms. The predicted octanol–water partition coefficient (Wildman–Crippen LogP) is 0.324. The van der Waals surface area contributed by atoms with Gasteiger partial charge in [0.25, 0.3) is 0 Å². The number of carbonyl (C=O) groups excluding carboxylic acids is 1. The van der Waals surface area contributed by atoms with Crippen molar-refractivity contribution in [1.29, 1.82) is 0 Å². The molecule has 0 aromatic carbocycles. The summed E-state index contributed by atoms with van der Waals surface area (Å²) < 4.78 is 0. The average molecular weight is 167 g/mol. The zero-order valence-electron chi connectivity index (χ0n) is 6.85. The summed E-state index contributed by atoms with van der Waals surface area (Å²) in [5.74, 6) is -0.220. The molecule has 0 radical (unpaired) electrons. The van der Waals surface area contributed by atoms with Gasteiger partial charge in [0.2, 0.25) is 5.69 Å². The van der Waals surface area contributed by atoms with E-state index in [4.69, 9.17) is 5.11 Å². The van der Waals surface area contributed by atoms with E-state index < -0.39 is 5.97 Å². The summed E-state index contributed by atoms with van der Waals surface area (Å²) in [5, 5.41) is 13.6. The largest absolute Gasteiger partial charge is 0.570 e. The number of aromatic nitrogens is 2. The van der Waals surface area contributed by atoms with Gasteiger partial charge < -0.3 is 5.11 Å². The Bertz CT molecular complexity index is 330. The minimum absolute atomic E-state index is 0.314. The Morgan fingerprint density at radius 1 is 1.75 bits per heavy atom. The third-order valence-corrected chi connectivity index (χ3v) is 2.43. The molecule has 0 saturated heterocycles. The molecule has 0 bridgehead atoms. The summed E-state index contributed by atoms with van der Waals surface area (Å²) in [7, 11) is 0. The molecule has 0 aliphatic heterocycles. The average Bonchev–Trinajstić information content (AvgIpc) is 2.53. The van der Waals surface area contributed by atoms with Crippen molar-refractivity contribution >= 4 is 5.97 Å². The van der Waals surface area contributed by atoms with Crippen LogP contribution in [0, 0.1) is 0 Å². The summed E-state index contributed by atoms with van der Waals surface area (Å²) in [5.41, 5.74) is 2.32. The second kappa shape index (κ2) is 2.33. The first-order valence-electron chi connectivity index (χ1n) is 4.03. The predicted molar refractivity (Wildman–Crippen MR) is 43.3 cm³/mol. The van der Waals surface area contributed by atoms with Gasteiger partial charge in [0.1, 0.15) is 0 Å². The normalized spacial score (nSPS) is 20.9. The van der Waals surface area contributed by atoms with E-state index in [0.29, 0.717) is 11.6 Å². The Labute approximate surface area is 69.6 Å². The number of fused-ring (bicyclic) bond motifs is 1. The van der Waals surface area contributed by atoms with E-state index in [2.05, 4.69) is 17.1 Å². The summed E-state index contributed by atoms with van der Waals surface area (Å²) in [6.07, 6.45) is 1.94. The van der Waals surface area contributed by atoms with Crippen molar-refractivity contribution in [2.75, 3.05) is 0 Å². The maximum Gasteiger partial charge on any atom is 0.570 e. The van der Waals surface area contributed by atoms with Gasteiger partial charge in [0.05, 0.1) is 4.79 Å².